The van der Waals surface area contributed by atoms with E-state index < -0.39 is 11.7 Å². The minimum absolute atomic E-state index is 0.0980. The zero-order valence-corrected chi connectivity index (χ0v) is 11.3. The number of alkyl halides is 3. The molecule has 2 N–H and O–H groups in total. The Hall–Kier alpha value is -0.940. The third-order valence-electron chi connectivity index (χ3n) is 3.59. The van der Waals surface area contributed by atoms with Gasteiger partial charge in [0, 0.05) is 19.1 Å². The van der Waals surface area contributed by atoms with Gasteiger partial charge in [-0.2, -0.15) is 13.2 Å². The van der Waals surface area contributed by atoms with Gasteiger partial charge in [-0.25, -0.2) is 0 Å². The van der Waals surface area contributed by atoms with Crippen molar-refractivity contribution in [2.75, 3.05) is 18.0 Å². The van der Waals surface area contributed by atoms with Crippen LogP contribution in [-0.4, -0.2) is 19.1 Å². The van der Waals surface area contributed by atoms with Gasteiger partial charge < -0.3 is 10.6 Å². The topological polar surface area (TPSA) is 29.3 Å². The average molecular weight is 293 g/mol. The standard InChI is InChI=1S/C13H16ClF3N2/c1-8-7-19(5-4-11(8)18)12-6-9(13(15,16)17)2-3-10(12)14/h2-3,6,8,11H,4-5,7,18H2,1H3. The summed E-state index contributed by atoms with van der Waals surface area (Å²) in [6.45, 7) is 3.26. The Morgan fingerprint density at radius 2 is 2.05 bits per heavy atom. The van der Waals surface area contributed by atoms with Gasteiger partial charge in [-0.3, -0.25) is 0 Å². The van der Waals surface area contributed by atoms with Crippen LogP contribution in [0.5, 0.6) is 0 Å². The lowest BCUT2D eigenvalue weighted by molar-refractivity contribution is -0.137. The van der Waals surface area contributed by atoms with Gasteiger partial charge in [-0.05, 0) is 30.5 Å². The van der Waals surface area contributed by atoms with Crippen molar-refractivity contribution >= 4 is 17.3 Å². The molecule has 1 saturated heterocycles. The van der Waals surface area contributed by atoms with Crippen LogP contribution in [0.25, 0.3) is 0 Å². The molecule has 2 nitrogen and oxygen atoms in total. The molecule has 0 saturated carbocycles. The lowest BCUT2D eigenvalue weighted by Gasteiger charge is -2.37. The second kappa shape index (κ2) is 5.21. The number of hydrogen-bond donors (Lipinski definition) is 1. The predicted octanol–water partition coefficient (Wildman–Crippen LogP) is 3.53. The van der Waals surface area contributed by atoms with E-state index >= 15 is 0 Å². The minimum Gasteiger partial charge on any atom is -0.370 e. The highest BCUT2D eigenvalue weighted by molar-refractivity contribution is 6.33. The summed E-state index contributed by atoms with van der Waals surface area (Å²) in [7, 11) is 0. The van der Waals surface area contributed by atoms with Gasteiger partial charge in [-0.1, -0.05) is 18.5 Å². The van der Waals surface area contributed by atoms with Crippen molar-refractivity contribution in [2.45, 2.75) is 25.6 Å². The van der Waals surface area contributed by atoms with Gasteiger partial charge in [-0.15, -0.1) is 0 Å². The summed E-state index contributed by atoms with van der Waals surface area (Å²) >= 11 is 6.02. The fourth-order valence-corrected chi connectivity index (χ4v) is 2.55. The SMILES string of the molecule is CC1CN(c2cc(C(F)(F)F)ccc2Cl)CCC1N. The molecule has 2 atom stereocenters. The molecule has 1 heterocycles. The first-order valence-corrected chi connectivity index (χ1v) is 6.54. The van der Waals surface area contributed by atoms with Crippen LogP contribution in [0.3, 0.4) is 0 Å². The smallest absolute Gasteiger partial charge is 0.370 e. The Morgan fingerprint density at radius 1 is 1.37 bits per heavy atom. The number of anilines is 1. The summed E-state index contributed by atoms with van der Waals surface area (Å²) in [6.07, 6.45) is -3.59. The molecule has 0 bridgehead atoms. The summed E-state index contributed by atoms with van der Waals surface area (Å²) in [5, 5.41) is 0.343. The molecule has 2 rings (SSSR count). The van der Waals surface area contributed by atoms with Crippen LogP contribution in [0.4, 0.5) is 18.9 Å². The number of rotatable bonds is 1. The summed E-state index contributed by atoms with van der Waals surface area (Å²) in [4.78, 5) is 1.88. The molecule has 0 aromatic heterocycles. The van der Waals surface area contributed by atoms with Gasteiger partial charge >= 0.3 is 6.18 Å². The van der Waals surface area contributed by atoms with Crippen molar-refractivity contribution in [3.63, 3.8) is 0 Å². The summed E-state index contributed by atoms with van der Waals surface area (Å²) < 4.78 is 38.2. The molecule has 0 aliphatic carbocycles. The molecule has 1 aromatic rings. The first-order valence-electron chi connectivity index (χ1n) is 6.16. The van der Waals surface area contributed by atoms with Crippen molar-refractivity contribution < 1.29 is 13.2 Å². The van der Waals surface area contributed by atoms with Gasteiger partial charge in [0.05, 0.1) is 16.3 Å². The van der Waals surface area contributed by atoms with Crippen LogP contribution in [0, 0.1) is 5.92 Å². The van der Waals surface area contributed by atoms with Crippen molar-refractivity contribution in [2.24, 2.45) is 11.7 Å². The number of piperidine rings is 1. The quantitative estimate of drug-likeness (QED) is 0.858. The molecule has 2 unspecified atom stereocenters. The Bertz CT molecular complexity index is 462. The van der Waals surface area contributed by atoms with E-state index in [-0.39, 0.29) is 12.0 Å². The Labute approximate surface area is 115 Å². The monoisotopic (exact) mass is 292 g/mol. The highest BCUT2D eigenvalue weighted by Gasteiger charge is 2.32. The summed E-state index contributed by atoms with van der Waals surface area (Å²) in [5.41, 5.74) is 5.68. The van der Waals surface area contributed by atoms with E-state index in [0.717, 1.165) is 18.6 Å². The molecule has 0 radical (unpaired) electrons. The largest absolute Gasteiger partial charge is 0.416 e. The Morgan fingerprint density at radius 3 is 2.63 bits per heavy atom. The van der Waals surface area contributed by atoms with Gasteiger partial charge in [0.15, 0.2) is 0 Å². The van der Waals surface area contributed by atoms with Crippen LogP contribution in [0.15, 0.2) is 18.2 Å². The predicted molar refractivity (Wildman–Crippen MR) is 70.4 cm³/mol. The maximum Gasteiger partial charge on any atom is 0.416 e. The molecular weight excluding hydrogens is 277 g/mol. The number of hydrogen-bond acceptors (Lipinski definition) is 2. The van der Waals surface area contributed by atoms with Crippen LogP contribution in [-0.2, 0) is 6.18 Å². The van der Waals surface area contributed by atoms with E-state index in [1.54, 1.807) is 0 Å². The molecule has 0 amide bonds. The van der Waals surface area contributed by atoms with Crippen LogP contribution < -0.4 is 10.6 Å². The number of nitrogens with zero attached hydrogens (tertiary/aromatic N) is 1. The third-order valence-corrected chi connectivity index (χ3v) is 3.91. The van der Waals surface area contributed by atoms with Gasteiger partial charge in [0.25, 0.3) is 0 Å². The number of halogens is 4. The van der Waals surface area contributed by atoms with Crippen molar-refractivity contribution in [3.05, 3.63) is 28.8 Å². The molecule has 6 heteroatoms. The zero-order chi connectivity index (χ0) is 14.2. The molecule has 19 heavy (non-hydrogen) atoms. The van der Waals surface area contributed by atoms with Crippen molar-refractivity contribution in [3.8, 4) is 0 Å². The van der Waals surface area contributed by atoms with E-state index in [1.165, 1.54) is 6.07 Å². The second-order valence-corrected chi connectivity index (χ2v) is 5.45. The number of nitrogens with two attached hydrogens (primary N) is 1. The fourth-order valence-electron chi connectivity index (χ4n) is 2.31. The third kappa shape index (κ3) is 3.15. The van der Waals surface area contributed by atoms with Crippen molar-refractivity contribution in [1.82, 2.24) is 0 Å². The zero-order valence-electron chi connectivity index (χ0n) is 10.5. The first kappa shape index (κ1) is 14.5. The minimum atomic E-state index is -4.35. The fraction of sp³-hybridized carbons (Fsp3) is 0.538. The maximum atomic E-state index is 12.7. The summed E-state index contributed by atoms with van der Waals surface area (Å²) in [5.74, 6) is 0.236. The van der Waals surface area contributed by atoms with E-state index in [1.807, 2.05) is 11.8 Å². The van der Waals surface area contributed by atoms with E-state index in [9.17, 15) is 13.2 Å². The van der Waals surface area contributed by atoms with E-state index in [4.69, 9.17) is 17.3 Å². The average Bonchev–Trinajstić information content (AvgIpc) is 2.32. The second-order valence-electron chi connectivity index (χ2n) is 5.04. The van der Waals surface area contributed by atoms with Crippen LogP contribution in [0.2, 0.25) is 5.02 Å². The molecular formula is C13H16ClF3N2. The van der Waals surface area contributed by atoms with Crippen molar-refractivity contribution in [1.29, 1.82) is 0 Å². The normalized spacial score (nSPS) is 24.6. The molecule has 1 aliphatic heterocycles. The highest BCUT2D eigenvalue weighted by atomic mass is 35.5. The number of benzene rings is 1. The first-order chi connectivity index (χ1) is 8.79. The lowest BCUT2D eigenvalue weighted by atomic mass is 9.94. The molecule has 1 fully saturated rings. The van der Waals surface area contributed by atoms with E-state index in [2.05, 4.69) is 0 Å². The van der Waals surface area contributed by atoms with Gasteiger partial charge in [0.1, 0.15) is 0 Å². The van der Waals surface area contributed by atoms with Gasteiger partial charge in [0.2, 0.25) is 0 Å². The molecule has 1 aromatic carbocycles. The molecule has 0 spiro atoms. The van der Waals surface area contributed by atoms with Crippen LogP contribution in [0.1, 0.15) is 18.9 Å². The highest BCUT2D eigenvalue weighted by Crippen LogP contribution is 2.36. The van der Waals surface area contributed by atoms with Crippen LogP contribution >= 0.6 is 11.6 Å². The maximum absolute atomic E-state index is 12.7. The van der Waals surface area contributed by atoms with E-state index in [0.29, 0.717) is 23.8 Å². The Kier molecular flexibility index (Phi) is 3.97. The molecule has 106 valence electrons. The Balaban J connectivity index is 2.29. The lowest BCUT2D eigenvalue weighted by Crippen LogP contribution is -2.46. The molecule has 1 aliphatic rings. The summed E-state index contributed by atoms with van der Waals surface area (Å²) in [6, 6.07) is 3.52.